The van der Waals surface area contributed by atoms with Crippen LogP contribution >= 0.6 is 11.8 Å². The standard InChI is InChI=1S/C26H31N3O5S2/c1-27-24(30)19-8-5-9-20(15-19)34-23-16-28-26(35-23)29-25(31)22(14-17-6-3-4-7-17)18-10-12-21(13-11-18)36(2,32)33/h5,8-13,15,17,22-23H,3-4,6-7,14,16H2,1-2H3,(H,27,30)(H,28,29,31)/t22-,23?/m1/s1. The molecule has 1 saturated carbocycles. The van der Waals surface area contributed by atoms with Crippen LogP contribution in [0, 0.1) is 5.92 Å². The van der Waals surface area contributed by atoms with Crippen molar-refractivity contribution < 1.29 is 22.7 Å². The molecule has 2 aliphatic rings. The van der Waals surface area contributed by atoms with Gasteiger partial charge < -0.3 is 15.4 Å². The summed E-state index contributed by atoms with van der Waals surface area (Å²) in [6, 6.07) is 13.5. The summed E-state index contributed by atoms with van der Waals surface area (Å²) >= 11 is 1.33. The van der Waals surface area contributed by atoms with E-state index in [9.17, 15) is 18.0 Å². The van der Waals surface area contributed by atoms with Crippen LogP contribution in [0.2, 0.25) is 0 Å². The van der Waals surface area contributed by atoms with Crippen LogP contribution in [-0.4, -0.2) is 50.7 Å². The zero-order chi connectivity index (χ0) is 25.7. The SMILES string of the molecule is CNC(=O)c1cccc(OC2CN=C(NC(=O)[C@H](CC3CCCC3)c3ccc(S(C)(=O)=O)cc3)S2)c1. The van der Waals surface area contributed by atoms with E-state index >= 15 is 0 Å². The molecule has 36 heavy (non-hydrogen) atoms. The average Bonchev–Trinajstić information content (AvgIpc) is 3.54. The Morgan fingerprint density at radius 1 is 1.14 bits per heavy atom. The van der Waals surface area contributed by atoms with E-state index in [-0.39, 0.29) is 22.1 Å². The van der Waals surface area contributed by atoms with Crippen LogP contribution < -0.4 is 15.4 Å². The molecule has 10 heteroatoms. The molecule has 1 unspecified atom stereocenters. The lowest BCUT2D eigenvalue weighted by Gasteiger charge is -2.21. The molecule has 8 nitrogen and oxygen atoms in total. The molecule has 0 bridgehead atoms. The molecule has 2 atom stereocenters. The van der Waals surface area contributed by atoms with E-state index in [1.54, 1.807) is 55.6 Å². The number of carbonyl (C=O) groups is 2. The molecule has 1 aliphatic carbocycles. The molecule has 2 aromatic rings. The molecule has 0 saturated heterocycles. The quantitative estimate of drug-likeness (QED) is 0.539. The van der Waals surface area contributed by atoms with Gasteiger partial charge in [-0.15, -0.1) is 0 Å². The zero-order valence-electron chi connectivity index (χ0n) is 20.4. The van der Waals surface area contributed by atoms with Gasteiger partial charge in [0.05, 0.1) is 17.4 Å². The minimum Gasteiger partial charge on any atom is -0.477 e. The highest BCUT2D eigenvalue weighted by Crippen LogP contribution is 2.35. The first-order valence-corrected chi connectivity index (χ1v) is 14.8. The van der Waals surface area contributed by atoms with Gasteiger partial charge in [0.1, 0.15) is 5.75 Å². The molecule has 0 radical (unpaired) electrons. The smallest absolute Gasteiger partial charge is 0.251 e. The Hall–Kier alpha value is -2.85. The molecule has 0 aromatic heterocycles. The minimum absolute atomic E-state index is 0.150. The predicted octanol–water partition coefficient (Wildman–Crippen LogP) is 3.74. The minimum atomic E-state index is -3.31. The largest absolute Gasteiger partial charge is 0.477 e. The lowest BCUT2D eigenvalue weighted by atomic mass is 9.87. The van der Waals surface area contributed by atoms with E-state index in [2.05, 4.69) is 15.6 Å². The Balaban J connectivity index is 1.41. The van der Waals surface area contributed by atoms with E-state index < -0.39 is 15.8 Å². The van der Waals surface area contributed by atoms with Gasteiger partial charge in [0.25, 0.3) is 5.91 Å². The topological polar surface area (TPSA) is 114 Å². The number of thioether (sulfide) groups is 1. The van der Waals surface area contributed by atoms with Gasteiger partial charge in [0.2, 0.25) is 5.91 Å². The van der Waals surface area contributed by atoms with Crippen LogP contribution in [0.5, 0.6) is 5.75 Å². The third-order valence-corrected chi connectivity index (χ3v) is 8.61. The average molecular weight is 530 g/mol. The van der Waals surface area contributed by atoms with Crippen molar-refractivity contribution in [2.75, 3.05) is 19.8 Å². The fourth-order valence-corrected chi connectivity index (χ4v) is 6.10. The number of ether oxygens (including phenoxy) is 1. The highest BCUT2D eigenvalue weighted by Gasteiger charge is 2.30. The lowest BCUT2D eigenvalue weighted by Crippen LogP contribution is -2.33. The highest BCUT2D eigenvalue weighted by molar-refractivity contribution is 8.14. The van der Waals surface area contributed by atoms with Crippen molar-refractivity contribution in [3.8, 4) is 5.75 Å². The summed E-state index contributed by atoms with van der Waals surface area (Å²) < 4.78 is 29.7. The van der Waals surface area contributed by atoms with Crippen molar-refractivity contribution in [3.63, 3.8) is 0 Å². The predicted molar refractivity (Wildman–Crippen MR) is 141 cm³/mol. The number of amides is 2. The van der Waals surface area contributed by atoms with Gasteiger partial charge >= 0.3 is 0 Å². The summed E-state index contributed by atoms with van der Waals surface area (Å²) in [4.78, 5) is 29.9. The first kappa shape index (κ1) is 26.2. The summed E-state index contributed by atoms with van der Waals surface area (Å²) in [5.74, 6) is 0.289. The normalized spacial score (nSPS) is 18.9. The molecular weight excluding hydrogens is 498 g/mol. The Labute approximate surface area is 216 Å². The first-order valence-electron chi connectivity index (χ1n) is 12.0. The summed E-state index contributed by atoms with van der Waals surface area (Å²) in [5, 5.41) is 6.05. The van der Waals surface area contributed by atoms with E-state index in [1.165, 1.54) is 30.9 Å². The molecular formula is C26H31N3O5S2. The number of hydrogen-bond donors (Lipinski definition) is 2. The number of benzene rings is 2. The number of aliphatic imine (C=N–C) groups is 1. The molecule has 0 spiro atoms. The Kier molecular flexibility index (Phi) is 8.35. The lowest BCUT2D eigenvalue weighted by molar-refractivity contribution is -0.121. The molecule has 192 valence electrons. The first-order chi connectivity index (χ1) is 17.2. The fraction of sp³-hybridized carbons (Fsp3) is 0.423. The van der Waals surface area contributed by atoms with Gasteiger partial charge in [-0.05, 0) is 60.0 Å². The number of sulfone groups is 1. The number of nitrogens with one attached hydrogen (secondary N) is 2. The molecule has 2 aromatic carbocycles. The maximum atomic E-state index is 13.4. The van der Waals surface area contributed by atoms with Crippen molar-refractivity contribution in [3.05, 3.63) is 59.7 Å². The van der Waals surface area contributed by atoms with Gasteiger partial charge in [-0.2, -0.15) is 0 Å². The van der Waals surface area contributed by atoms with Gasteiger partial charge in [-0.3, -0.25) is 14.6 Å². The second-order valence-corrected chi connectivity index (χ2v) is 12.4. The Bertz CT molecular complexity index is 1240. The van der Waals surface area contributed by atoms with Crippen molar-refractivity contribution >= 4 is 38.6 Å². The number of rotatable bonds is 8. The van der Waals surface area contributed by atoms with Crippen LogP contribution in [0.3, 0.4) is 0 Å². The summed E-state index contributed by atoms with van der Waals surface area (Å²) in [7, 11) is -1.73. The van der Waals surface area contributed by atoms with Gasteiger partial charge in [-0.1, -0.05) is 43.9 Å². The highest BCUT2D eigenvalue weighted by atomic mass is 32.2. The van der Waals surface area contributed by atoms with E-state index in [1.807, 2.05) is 0 Å². The molecule has 2 amide bonds. The van der Waals surface area contributed by atoms with Gasteiger partial charge in [0, 0.05) is 18.9 Å². The maximum absolute atomic E-state index is 13.4. The molecule has 1 heterocycles. The Morgan fingerprint density at radius 2 is 1.86 bits per heavy atom. The third-order valence-electron chi connectivity index (χ3n) is 6.52. The second kappa shape index (κ2) is 11.5. The van der Waals surface area contributed by atoms with Crippen molar-refractivity contribution in [1.82, 2.24) is 10.6 Å². The van der Waals surface area contributed by atoms with Gasteiger partial charge in [-0.25, -0.2) is 8.42 Å². The molecule has 4 rings (SSSR count). The van der Waals surface area contributed by atoms with Crippen LogP contribution in [0.1, 0.15) is 53.9 Å². The summed E-state index contributed by atoms with van der Waals surface area (Å²) in [6.07, 6.45) is 6.45. The van der Waals surface area contributed by atoms with E-state index in [0.29, 0.717) is 35.4 Å². The van der Waals surface area contributed by atoms with E-state index in [0.717, 1.165) is 18.4 Å². The van der Waals surface area contributed by atoms with Crippen LogP contribution in [0.4, 0.5) is 0 Å². The zero-order valence-corrected chi connectivity index (χ0v) is 22.0. The summed E-state index contributed by atoms with van der Waals surface area (Å²) in [5.41, 5.74) is 0.987. The number of carbonyl (C=O) groups excluding carboxylic acids is 2. The Morgan fingerprint density at radius 3 is 2.53 bits per heavy atom. The molecule has 2 N–H and O–H groups in total. The second-order valence-electron chi connectivity index (χ2n) is 9.19. The van der Waals surface area contributed by atoms with Crippen molar-refractivity contribution in [2.24, 2.45) is 10.9 Å². The van der Waals surface area contributed by atoms with Gasteiger partial charge in [0.15, 0.2) is 20.4 Å². The fourth-order valence-electron chi connectivity index (χ4n) is 4.61. The number of nitrogens with zero attached hydrogens (tertiary/aromatic N) is 1. The van der Waals surface area contributed by atoms with Crippen LogP contribution in [0.15, 0.2) is 58.4 Å². The maximum Gasteiger partial charge on any atom is 0.251 e. The van der Waals surface area contributed by atoms with Crippen molar-refractivity contribution in [1.29, 1.82) is 0 Å². The van der Waals surface area contributed by atoms with E-state index in [4.69, 9.17) is 4.74 Å². The number of hydrogen-bond acceptors (Lipinski definition) is 7. The third kappa shape index (κ3) is 6.67. The molecule has 1 aliphatic heterocycles. The number of amidine groups is 1. The molecule has 1 fully saturated rings. The summed E-state index contributed by atoms with van der Waals surface area (Å²) in [6.45, 7) is 0.376. The van der Waals surface area contributed by atoms with Crippen LogP contribution in [-0.2, 0) is 14.6 Å². The van der Waals surface area contributed by atoms with Crippen LogP contribution in [0.25, 0.3) is 0 Å². The van der Waals surface area contributed by atoms with Crippen molar-refractivity contribution in [2.45, 2.75) is 48.4 Å². The monoisotopic (exact) mass is 529 g/mol.